The van der Waals surface area contributed by atoms with E-state index in [1.54, 1.807) is 12.1 Å². The average Bonchev–Trinajstić information content (AvgIpc) is 2.59. The van der Waals surface area contributed by atoms with Gasteiger partial charge in [-0.25, -0.2) is 5.43 Å². The van der Waals surface area contributed by atoms with Gasteiger partial charge in [0, 0.05) is 28.5 Å². The van der Waals surface area contributed by atoms with E-state index in [1.807, 2.05) is 0 Å². The maximum absolute atomic E-state index is 11.7. The normalized spacial score (nSPS) is 10.8. The quantitative estimate of drug-likeness (QED) is 0.405. The largest absolute Gasteiger partial charge is 0.506 e. The number of carbonyl (C=O) groups excluding carboxylic acids is 1. The van der Waals surface area contributed by atoms with Crippen LogP contribution < -0.4 is 5.43 Å². The van der Waals surface area contributed by atoms with Crippen LogP contribution in [0.3, 0.4) is 0 Å². The molecule has 0 saturated carbocycles. The van der Waals surface area contributed by atoms with Crippen LogP contribution in [-0.2, 0) is 10.5 Å². The molecule has 2 rings (SSSR count). The Hall–Kier alpha value is -2.29. The minimum atomic E-state index is -0.465. The summed E-state index contributed by atoms with van der Waals surface area (Å²) in [5, 5.41) is 24.5. The number of nitrogens with one attached hydrogen (secondary N) is 1. The number of halogens is 2. The molecule has 7 nitrogen and oxygen atoms in total. The Bertz CT molecular complexity index is 844. The maximum atomic E-state index is 11.7. The molecular weight excluding hydrogens is 401 g/mol. The summed E-state index contributed by atoms with van der Waals surface area (Å²) in [4.78, 5) is 21.9. The second kappa shape index (κ2) is 9.42. The number of nitrogens with zero attached hydrogens (tertiary/aromatic N) is 2. The molecule has 0 aromatic heterocycles. The lowest BCUT2D eigenvalue weighted by molar-refractivity contribution is -0.384. The molecule has 136 valence electrons. The molecule has 0 aliphatic carbocycles. The van der Waals surface area contributed by atoms with Gasteiger partial charge >= 0.3 is 0 Å². The zero-order valence-corrected chi connectivity index (χ0v) is 15.5. The standard InChI is InChI=1S/C16H13Cl2N3O4S/c17-12-5-11(16(23)14(18)6-12)7-19-20-15(22)9-26-8-10-1-3-13(4-2-10)21(24)25/h1-7,23H,8-9H2,(H,20,22)/b19-7-. The number of carbonyl (C=O) groups is 1. The summed E-state index contributed by atoms with van der Waals surface area (Å²) in [5.74, 6) is 0.165. The minimum Gasteiger partial charge on any atom is -0.506 e. The van der Waals surface area contributed by atoms with Gasteiger partial charge in [-0.05, 0) is 17.7 Å². The van der Waals surface area contributed by atoms with Crippen molar-refractivity contribution in [2.24, 2.45) is 5.10 Å². The van der Waals surface area contributed by atoms with Crippen molar-refractivity contribution in [3.8, 4) is 5.75 Å². The fraction of sp³-hybridized carbons (Fsp3) is 0.125. The maximum Gasteiger partial charge on any atom is 0.269 e. The monoisotopic (exact) mass is 413 g/mol. The van der Waals surface area contributed by atoms with Gasteiger partial charge in [-0.2, -0.15) is 5.10 Å². The smallest absolute Gasteiger partial charge is 0.269 e. The number of thioether (sulfide) groups is 1. The summed E-state index contributed by atoms with van der Waals surface area (Å²) in [7, 11) is 0. The van der Waals surface area contributed by atoms with Crippen molar-refractivity contribution in [1.29, 1.82) is 0 Å². The molecule has 0 fully saturated rings. The van der Waals surface area contributed by atoms with Crippen LogP contribution in [0.2, 0.25) is 10.0 Å². The molecule has 1 amide bonds. The lowest BCUT2D eigenvalue weighted by atomic mass is 10.2. The number of hydrogen-bond acceptors (Lipinski definition) is 6. The molecule has 26 heavy (non-hydrogen) atoms. The number of benzene rings is 2. The van der Waals surface area contributed by atoms with E-state index in [9.17, 15) is 20.0 Å². The Morgan fingerprint density at radius 3 is 2.65 bits per heavy atom. The Labute approximate surface area is 163 Å². The van der Waals surface area contributed by atoms with Gasteiger partial charge in [0.2, 0.25) is 5.91 Å². The van der Waals surface area contributed by atoms with Crippen LogP contribution in [0.1, 0.15) is 11.1 Å². The number of nitro benzene ring substituents is 1. The van der Waals surface area contributed by atoms with Crippen molar-refractivity contribution in [3.63, 3.8) is 0 Å². The van der Waals surface area contributed by atoms with Gasteiger partial charge in [-0.15, -0.1) is 11.8 Å². The van der Waals surface area contributed by atoms with E-state index < -0.39 is 4.92 Å². The lowest BCUT2D eigenvalue weighted by Crippen LogP contribution is -2.19. The third-order valence-corrected chi connectivity index (χ3v) is 4.61. The van der Waals surface area contributed by atoms with E-state index in [-0.39, 0.29) is 33.7 Å². The van der Waals surface area contributed by atoms with E-state index in [2.05, 4.69) is 10.5 Å². The molecular formula is C16H13Cl2N3O4S. The van der Waals surface area contributed by atoms with Crippen LogP contribution in [-0.4, -0.2) is 27.9 Å². The van der Waals surface area contributed by atoms with Crippen molar-refractivity contribution in [3.05, 3.63) is 67.7 Å². The molecule has 0 heterocycles. The Balaban J connectivity index is 1.79. The van der Waals surface area contributed by atoms with Crippen LogP contribution >= 0.6 is 35.0 Å². The summed E-state index contributed by atoms with van der Waals surface area (Å²) in [5.41, 5.74) is 3.50. The number of amides is 1. The number of aromatic hydroxyl groups is 1. The van der Waals surface area contributed by atoms with Crippen molar-refractivity contribution in [2.45, 2.75) is 5.75 Å². The van der Waals surface area contributed by atoms with Crippen LogP contribution in [0, 0.1) is 10.1 Å². The Morgan fingerprint density at radius 2 is 2.00 bits per heavy atom. The van der Waals surface area contributed by atoms with Crippen molar-refractivity contribution < 1.29 is 14.8 Å². The second-order valence-corrected chi connectivity index (χ2v) is 6.86. The fourth-order valence-electron chi connectivity index (χ4n) is 1.87. The third-order valence-electron chi connectivity index (χ3n) is 3.10. The molecule has 0 aliphatic rings. The molecule has 2 aromatic rings. The summed E-state index contributed by atoms with van der Waals surface area (Å²) in [6, 6.07) is 8.98. The molecule has 0 bridgehead atoms. The van der Waals surface area contributed by atoms with E-state index in [0.29, 0.717) is 10.8 Å². The molecule has 0 radical (unpaired) electrons. The third kappa shape index (κ3) is 5.91. The number of hydrazone groups is 1. The van der Waals surface area contributed by atoms with Crippen LogP contribution in [0.4, 0.5) is 5.69 Å². The molecule has 0 spiro atoms. The lowest BCUT2D eigenvalue weighted by Gasteiger charge is -2.03. The van der Waals surface area contributed by atoms with Crippen LogP contribution in [0.5, 0.6) is 5.75 Å². The Kier molecular flexibility index (Phi) is 7.26. The molecule has 0 saturated heterocycles. The molecule has 0 aliphatic heterocycles. The van der Waals surface area contributed by atoms with Gasteiger partial charge in [0.25, 0.3) is 5.69 Å². The van der Waals surface area contributed by atoms with Crippen molar-refractivity contribution >= 4 is 52.8 Å². The highest BCUT2D eigenvalue weighted by Gasteiger charge is 2.07. The first-order valence-corrected chi connectivity index (χ1v) is 9.09. The highest BCUT2D eigenvalue weighted by molar-refractivity contribution is 7.99. The van der Waals surface area contributed by atoms with E-state index in [0.717, 1.165) is 5.56 Å². The van der Waals surface area contributed by atoms with Gasteiger partial charge in [0.05, 0.1) is 21.9 Å². The molecule has 2 aromatic carbocycles. The molecule has 0 atom stereocenters. The summed E-state index contributed by atoms with van der Waals surface area (Å²) >= 11 is 13.0. The fourth-order valence-corrected chi connectivity index (χ4v) is 3.16. The van der Waals surface area contributed by atoms with E-state index in [1.165, 1.54) is 42.2 Å². The molecule has 2 N–H and O–H groups in total. The first-order valence-electron chi connectivity index (χ1n) is 7.18. The van der Waals surface area contributed by atoms with Gasteiger partial charge < -0.3 is 5.11 Å². The van der Waals surface area contributed by atoms with Crippen LogP contribution in [0.15, 0.2) is 41.5 Å². The van der Waals surface area contributed by atoms with E-state index >= 15 is 0 Å². The number of phenols is 1. The summed E-state index contributed by atoms with van der Waals surface area (Å²) in [6.45, 7) is 0. The number of phenolic OH excluding ortho intramolecular Hbond substituents is 1. The second-order valence-electron chi connectivity index (χ2n) is 5.03. The highest BCUT2D eigenvalue weighted by atomic mass is 35.5. The topological polar surface area (TPSA) is 105 Å². The van der Waals surface area contributed by atoms with Gasteiger partial charge in [-0.1, -0.05) is 35.3 Å². The van der Waals surface area contributed by atoms with Gasteiger partial charge in [0.1, 0.15) is 5.75 Å². The minimum absolute atomic E-state index is 0.0233. The number of nitro groups is 1. The Morgan fingerprint density at radius 1 is 1.31 bits per heavy atom. The van der Waals surface area contributed by atoms with Gasteiger partial charge in [0.15, 0.2) is 0 Å². The zero-order valence-electron chi connectivity index (χ0n) is 13.2. The van der Waals surface area contributed by atoms with Crippen molar-refractivity contribution in [1.82, 2.24) is 5.43 Å². The summed E-state index contributed by atoms with van der Waals surface area (Å²) in [6.07, 6.45) is 1.24. The first kappa shape index (κ1) is 20.0. The predicted octanol–water partition coefficient (Wildman–Crippen LogP) is 3.99. The zero-order chi connectivity index (χ0) is 19.1. The number of non-ortho nitro benzene ring substituents is 1. The average molecular weight is 414 g/mol. The molecule has 0 unspecified atom stereocenters. The molecule has 10 heteroatoms. The van der Waals surface area contributed by atoms with Crippen LogP contribution in [0.25, 0.3) is 0 Å². The first-order chi connectivity index (χ1) is 12.4. The highest BCUT2D eigenvalue weighted by Crippen LogP contribution is 2.29. The number of rotatable bonds is 7. The number of hydrogen-bond donors (Lipinski definition) is 2. The summed E-state index contributed by atoms with van der Waals surface area (Å²) < 4.78 is 0. The predicted molar refractivity (Wildman–Crippen MR) is 103 cm³/mol. The SMILES string of the molecule is O=C(CSCc1ccc([N+](=O)[O-])cc1)N/N=C\c1cc(Cl)cc(Cl)c1O. The van der Waals surface area contributed by atoms with Gasteiger partial charge in [-0.3, -0.25) is 14.9 Å². The van der Waals surface area contributed by atoms with E-state index in [4.69, 9.17) is 23.2 Å². The van der Waals surface area contributed by atoms with Crippen molar-refractivity contribution in [2.75, 3.05) is 5.75 Å².